The molecule has 20 heavy (non-hydrogen) atoms. The molecule has 1 atom stereocenters. The predicted molar refractivity (Wildman–Crippen MR) is 71.5 cm³/mol. The fourth-order valence-electron chi connectivity index (χ4n) is 1.91. The molecule has 0 saturated heterocycles. The molecule has 0 radical (unpaired) electrons. The summed E-state index contributed by atoms with van der Waals surface area (Å²) in [7, 11) is 0. The van der Waals surface area contributed by atoms with Gasteiger partial charge in [0.2, 0.25) is 0 Å². The lowest BCUT2D eigenvalue weighted by atomic mass is 10.1. The van der Waals surface area contributed by atoms with Crippen LogP contribution < -0.4 is 5.32 Å². The number of hydrogen-bond acceptors (Lipinski definition) is 2. The van der Waals surface area contributed by atoms with E-state index < -0.39 is 23.6 Å². The Kier molecular flexibility index (Phi) is 3.98. The lowest BCUT2D eigenvalue weighted by Gasteiger charge is -2.17. The van der Waals surface area contributed by atoms with Gasteiger partial charge in [-0.2, -0.15) is 0 Å². The fourth-order valence-corrected chi connectivity index (χ4v) is 1.91. The largest absolute Gasteiger partial charge is 0.479 e. The zero-order valence-corrected chi connectivity index (χ0v) is 10.7. The highest BCUT2D eigenvalue weighted by Crippen LogP contribution is 2.23. The number of benzene rings is 2. The molecule has 0 spiro atoms. The van der Waals surface area contributed by atoms with E-state index in [0.717, 1.165) is 23.8 Å². The standard InChI is InChI=1S/C15H13F2NO2/c1-9-3-2-4-11(7-9)18-14(15(19)20)12-8-10(16)5-6-13(12)17/h2-8,14,18H,1H3,(H,19,20). The van der Waals surface area contributed by atoms with Crippen LogP contribution in [0.5, 0.6) is 0 Å². The monoisotopic (exact) mass is 277 g/mol. The summed E-state index contributed by atoms with van der Waals surface area (Å²) in [4.78, 5) is 11.3. The number of carboxylic acids is 1. The van der Waals surface area contributed by atoms with Gasteiger partial charge >= 0.3 is 5.97 Å². The van der Waals surface area contributed by atoms with Gasteiger partial charge in [-0.15, -0.1) is 0 Å². The third-order valence-corrected chi connectivity index (χ3v) is 2.85. The second-order valence-electron chi connectivity index (χ2n) is 4.45. The summed E-state index contributed by atoms with van der Waals surface area (Å²) >= 11 is 0. The van der Waals surface area contributed by atoms with Crippen molar-refractivity contribution in [3.63, 3.8) is 0 Å². The number of aliphatic carboxylic acids is 1. The summed E-state index contributed by atoms with van der Waals surface area (Å²) in [5.41, 5.74) is 1.22. The topological polar surface area (TPSA) is 49.3 Å². The molecule has 0 saturated carbocycles. The lowest BCUT2D eigenvalue weighted by molar-refractivity contribution is -0.138. The molecule has 5 heteroatoms. The van der Waals surface area contributed by atoms with Gasteiger partial charge in [-0.3, -0.25) is 0 Å². The zero-order valence-electron chi connectivity index (χ0n) is 10.7. The SMILES string of the molecule is Cc1cccc(NC(C(=O)O)c2cc(F)ccc2F)c1. The van der Waals surface area contributed by atoms with Gasteiger partial charge in [-0.1, -0.05) is 12.1 Å². The van der Waals surface area contributed by atoms with Crippen LogP contribution in [0.4, 0.5) is 14.5 Å². The van der Waals surface area contributed by atoms with Gasteiger partial charge in [0.1, 0.15) is 11.6 Å². The first-order valence-electron chi connectivity index (χ1n) is 5.98. The van der Waals surface area contributed by atoms with Crippen LogP contribution in [-0.4, -0.2) is 11.1 Å². The zero-order chi connectivity index (χ0) is 14.7. The number of carbonyl (C=O) groups is 1. The normalized spacial score (nSPS) is 11.9. The molecular weight excluding hydrogens is 264 g/mol. The highest BCUT2D eigenvalue weighted by atomic mass is 19.1. The van der Waals surface area contributed by atoms with Gasteiger partial charge in [0.25, 0.3) is 0 Å². The molecule has 0 bridgehead atoms. The molecule has 0 aromatic heterocycles. The van der Waals surface area contributed by atoms with Gasteiger partial charge in [0.15, 0.2) is 6.04 Å². The van der Waals surface area contributed by atoms with Crippen molar-refractivity contribution in [1.29, 1.82) is 0 Å². The molecule has 104 valence electrons. The maximum absolute atomic E-state index is 13.7. The van der Waals surface area contributed by atoms with Gasteiger partial charge in [0.05, 0.1) is 0 Å². The molecule has 3 nitrogen and oxygen atoms in total. The number of anilines is 1. The number of hydrogen-bond donors (Lipinski definition) is 2. The van der Waals surface area contributed by atoms with Crippen molar-refractivity contribution in [2.24, 2.45) is 0 Å². The highest BCUT2D eigenvalue weighted by Gasteiger charge is 2.23. The van der Waals surface area contributed by atoms with Crippen LogP contribution in [0.3, 0.4) is 0 Å². The van der Waals surface area contributed by atoms with Crippen LogP contribution in [0.15, 0.2) is 42.5 Å². The van der Waals surface area contributed by atoms with E-state index in [1.54, 1.807) is 18.2 Å². The first-order valence-corrected chi connectivity index (χ1v) is 5.98. The molecular formula is C15H13F2NO2. The van der Waals surface area contributed by atoms with Crippen LogP contribution in [0, 0.1) is 18.6 Å². The van der Waals surface area contributed by atoms with Gasteiger partial charge in [-0.05, 0) is 42.8 Å². The quantitative estimate of drug-likeness (QED) is 0.899. The molecule has 0 aliphatic rings. The number of aryl methyl sites for hydroxylation is 1. The van der Waals surface area contributed by atoms with E-state index in [-0.39, 0.29) is 5.56 Å². The van der Waals surface area contributed by atoms with E-state index in [9.17, 15) is 18.7 Å². The second-order valence-corrected chi connectivity index (χ2v) is 4.45. The average molecular weight is 277 g/mol. The van der Waals surface area contributed by atoms with E-state index in [1.165, 1.54) is 0 Å². The summed E-state index contributed by atoms with van der Waals surface area (Å²) in [5.74, 6) is -2.73. The number of nitrogens with one attached hydrogen (secondary N) is 1. The van der Waals surface area contributed by atoms with Crippen molar-refractivity contribution in [3.05, 3.63) is 65.2 Å². The lowest BCUT2D eigenvalue weighted by Crippen LogP contribution is -2.22. The van der Waals surface area contributed by atoms with Crippen LogP contribution in [0.25, 0.3) is 0 Å². The van der Waals surface area contributed by atoms with E-state index >= 15 is 0 Å². The number of halogens is 2. The molecule has 0 fully saturated rings. The Bertz CT molecular complexity index is 644. The van der Waals surface area contributed by atoms with Crippen LogP contribution in [0.1, 0.15) is 17.2 Å². The summed E-state index contributed by atoms with van der Waals surface area (Å²) in [6, 6.07) is 8.39. The molecule has 2 aromatic rings. The summed E-state index contributed by atoms with van der Waals surface area (Å²) in [6.07, 6.45) is 0. The van der Waals surface area contributed by atoms with Gasteiger partial charge in [-0.25, -0.2) is 13.6 Å². The smallest absolute Gasteiger partial charge is 0.330 e. The van der Waals surface area contributed by atoms with Gasteiger partial charge < -0.3 is 10.4 Å². The van der Waals surface area contributed by atoms with E-state index in [1.807, 2.05) is 13.0 Å². The Balaban J connectivity index is 2.37. The first kappa shape index (κ1) is 14.0. The van der Waals surface area contributed by atoms with Crippen molar-refractivity contribution in [1.82, 2.24) is 0 Å². The molecule has 2 aromatic carbocycles. The maximum Gasteiger partial charge on any atom is 0.330 e. The Morgan fingerprint density at radius 2 is 1.95 bits per heavy atom. The molecule has 0 aliphatic heterocycles. The minimum Gasteiger partial charge on any atom is -0.479 e. The molecule has 2 N–H and O–H groups in total. The number of carboxylic acid groups (broad SMARTS) is 1. The molecule has 1 unspecified atom stereocenters. The van der Waals surface area contributed by atoms with E-state index in [4.69, 9.17) is 0 Å². The Morgan fingerprint density at radius 1 is 1.20 bits per heavy atom. The Hall–Kier alpha value is -2.43. The van der Waals surface area contributed by atoms with E-state index in [0.29, 0.717) is 5.69 Å². The summed E-state index contributed by atoms with van der Waals surface area (Å²) in [5, 5.41) is 11.9. The second kappa shape index (κ2) is 5.69. The molecule has 2 rings (SSSR count). The minimum absolute atomic E-state index is 0.237. The van der Waals surface area contributed by atoms with Crippen molar-refractivity contribution in [3.8, 4) is 0 Å². The van der Waals surface area contributed by atoms with Crippen molar-refractivity contribution in [2.45, 2.75) is 13.0 Å². The van der Waals surface area contributed by atoms with Crippen LogP contribution in [-0.2, 0) is 4.79 Å². The molecule has 0 heterocycles. The molecule has 0 aliphatic carbocycles. The molecule has 0 amide bonds. The predicted octanol–water partition coefficient (Wildman–Crippen LogP) is 3.51. The minimum atomic E-state index is -1.35. The Morgan fingerprint density at radius 3 is 2.60 bits per heavy atom. The third-order valence-electron chi connectivity index (χ3n) is 2.85. The highest BCUT2D eigenvalue weighted by molar-refractivity contribution is 5.79. The average Bonchev–Trinajstić information content (AvgIpc) is 2.39. The third kappa shape index (κ3) is 3.12. The maximum atomic E-state index is 13.7. The first-order chi connectivity index (χ1) is 9.47. The van der Waals surface area contributed by atoms with Crippen molar-refractivity contribution >= 4 is 11.7 Å². The van der Waals surface area contributed by atoms with Crippen molar-refractivity contribution in [2.75, 3.05) is 5.32 Å². The van der Waals surface area contributed by atoms with Crippen LogP contribution in [0.2, 0.25) is 0 Å². The summed E-state index contributed by atoms with van der Waals surface area (Å²) < 4.78 is 26.9. The van der Waals surface area contributed by atoms with Crippen molar-refractivity contribution < 1.29 is 18.7 Å². The fraction of sp³-hybridized carbons (Fsp3) is 0.133. The Labute approximate surface area is 114 Å². The van der Waals surface area contributed by atoms with Gasteiger partial charge in [0, 0.05) is 11.3 Å². The number of rotatable bonds is 4. The van der Waals surface area contributed by atoms with Crippen LogP contribution >= 0.6 is 0 Å². The van der Waals surface area contributed by atoms with E-state index in [2.05, 4.69) is 5.32 Å². The summed E-state index contributed by atoms with van der Waals surface area (Å²) in [6.45, 7) is 1.85.